The number of anilines is 2. The van der Waals surface area contributed by atoms with Crippen molar-refractivity contribution in [3.05, 3.63) is 59.0 Å². The first-order valence-corrected chi connectivity index (χ1v) is 12.6. The highest BCUT2D eigenvalue weighted by atomic mass is 32.2. The number of sulfone groups is 1. The van der Waals surface area contributed by atoms with E-state index in [9.17, 15) is 8.42 Å². The van der Waals surface area contributed by atoms with E-state index in [1.165, 1.54) is 6.26 Å². The number of methoxy groups -OCH3 is 1. The van der Waals surface area contributed by atoms with Crippen LogP contribution in [0.3, 0.4) is 0 Å². The predicted molar refractivity (Wildman–Crippen MR) is 120 cm³/mol. The van der Waals surface area contributed by atoms with Crippen LogP contribution in [0.2, 0.25) is 0 Å². The number of ether oxygens (including phenoxy) is 3. The van der Waals surface area contributed by atoms with Crippen LogP contribution in [-0.2, 0) is 21.1 Å². The number of aromatic nitrogens is 1. The highest BCUT2D eigenvalue weighted by Crippen LogP contribution is 2.37. The Balaban J connectivity index is 1.70. The molecule has 1 unspecified atom stereocenters. The summed E-state index contributed by atoms with van der Waals surface area (Å²) in [6.45, 7) is 1.84. The first-order valence-electron chi connectivity index (χ1n) is 9.81. The highest BCUT2D eigenvalue weighted by Gasteiger charge is 2.21. The van der Waals surface area contributed by atoms with Gasteiger partial charge in [-0.05, 0) is 36.4 Å². The first-order chi connectivity index (χ1) is 14.9. The van der Waals surface area contributed by atoms with Crippen molar-refractivity contribution in [3.63, 3.8) is 0 Å². The van der Waals surface area contributed by atoms with Gasteiger partial charge in [-0.3, -0.25) is 4.98 Å². The van der Waals surface area contributed by atoms with E-state index in [1.807, 2.05) is 36.5 Å². The van der Waals surface area contributed by atoms with E-state index in [0.29, 0.717) is 31.3 Å². The van der Waals surface area contributed by atoms with Crippen molar-refractivity contribution in [1.29, 1.82) is 0 Å². The van der Waals surface area contributed by atoms with Crippen molar-refractivity contribution < 1.29 is 22.6 Å². The molecule has 0 aliphatic carbocycles. The van der Waals surface area contributed by atoms with Crippen molar-refractivity contribution >= 4 is 32.5 Å². The van der Waals surface area contributed by atoms with E-state index in [4.69, 9.17) is 14.2 Å². The minimum atomic E-state index is -3.26. The first kappa shape index (κ1) is 21.6. The molecular formula is C22H24N2O5S2. The zero-order chi connectivity index (χ0) is 21.8. The summed E-state index contributed by atoms with van der Waals surface area (Å²) in [5.74, 6) is 1.30. The maximum atomic E-state index is 11.9. The SMILES string of the molecule is COc1ccc(N(Cc2cncs2)c2ccc(S(C)(=O)=O)cc2)cc1OC1CCOC1. The lowest BCUT2D eigenvalue weighted by molar-refractivity contribution is 0.138. The van der Waals surface area contributed by atoms with Gasteiger partial charge >= 0.3 is 0 Å². The Morgan fingerprint density at radius 1 is 1.16 bits per heavy atom. The Morgan fingerprint density at radius 3 is 2.55 bits per heavy atom. The second kappa shape index (κ2) is 9.25. The molecule has 2 heterocycles. The van der Waals surface area contributed by atoms with Gasteiger partial charge in [-0.15, -0.1) is 11.3 Å². The topological polar surface area (TPSA) is 78.0 Å². The molecule has 0 spiro atoms. The summed E-state index contributed by atoms with van der Waals surface area (Å²) in [7, 11) is -1.65. The fourth-order valence-corrected chi connectivity index (χ4v) is 4.60. The second-order valence-corrected chi connectivity index (χ2v) is 10.2. The highest BCUT2D eigenvalue weighted by molar-refractivity contribution is 7.90. The van der Waals surface area contributed by atoms with Crippen LogP contribution in [0.1, 0.15) is 11.3 Å². The molecule has 1 aliphatic heterocycles. The third kappa shape index (κ3) is 5.17. The normalized spacial score (nSPS) is 16.3. The van der Waals surface area contributed by atoms with Gasteiger partial charge < -0.3 is 19.1 Å². The molecule has 1 aromatic heterocycles. The number of hydrogen-bond acceptors (Lipinski definition) is 8. The summed E-state index contributed by atoms with van der Waals surface area (Å²) in [6, 6.07) is 12.7. The molecule has 0 N–H and O–H groups in total. The lowest BCUT2D eigenvalue weighted by atomic mass is 10.2. The molecule has 1 atom stereocenters. The zero-order valence-corrected chi connectivity index (χ0v) is 19.0. The molecule has 3 aromatic rings. The van der Waals surface area contributed by atoms with Crippen LogP contribution >= 0.6 is 11.3 Å². The van der Waals surface area contributed by atoms with E-state index >= 15 is 0 Å². The van der Waals surface area contributed by atoms with Crippen molar-refractivity contribution in [3.8, 4) is 11.5 Å². The fraction of sp³-hybridized carbons (Fsp3) is 0.318. The average Bonchev–Trinajstić information content (AvgIpc) is 3.46. The molecule has 7 nitrogen and oxygen atoms in total. The van der Waals surface area contributed by atoms with Gasteiger partial charge in [-0.2, -0.15) is 0 Å². The Hall–Kier alpha value is -2.62. The van der Waals surface area contributed by atoms with Gasteiger partial charge in [-0.25, -0.2) is 8.42 Å². The molecule has 1 fully saturated rings. The monoisotopic (exact) mass is 460 g/mol. The van der Waals surface area contributed by atoms with Gasteiger partial charge in [0.2, 0.25) is 0 Å². The number of nitrogens with zero attached hydrogens (tertiary/aromatic N) is 2. The Kier molecular flexibility index (Phi) is 6.45. The van der Waals surface area contributed by atoms with Crippen molar-refractivity contribution in [2.75, 3.05) is 31.5 Å². The van der Waals surface area contributed by atoms with Crippen molar-refractivity contribution in [2.24, 2.45) is 0 Å². The van der Waals surface area contributed by atoms with Crippen LogP contribution < -0.4 is 14.4 Å². The molecule has 1 saturated heterocycles. The minimum Gasteiger partial charge on any atom is -0.493 e. The van der Waals surface area contributed by atoms with Gasteiger partial charge in [0.05, 0.1) is 37.3 Å². The van der Waals surface area contributed by atoms with Crippen LogP contribution in [0.15, 0.2) is 59.1 Å². The summed E-state index contributed by atoms with van der Waals surface area (Å²) in [5, 5.41) is 0. The molecule has 4 rings (SSSR count). The Bertz CT molecular complexity index is 1110. The van der Waals surface area contributed by atoms with Gasteiger partial charge in [0.1, 0.15) is 6.10 Å². The molecule has 0 bridgehead atoms. The Labute approximate surface area is 186 Å². The van der Waals surface area contributed by atoms with Crippen LogP contribution in [0.4, 0.5) is 11.4 Å². The van der Waals surface area contributed by atoms with Crippen LogP contribution in [0, 0.1) is 0 Å². The third-order valence-electron chi connectivity index (χ3n) is 5.01. The second-order valence-electron chi connectivity index (χ2n) is 7.26. The molecule has 0 radical (unpaired) electrons. The van der Waals surface area contributed by atoms with Crippen molar-refractivity contribution in [1.82, 2.24) is 4.98 Å². The van der Waals surface area contributed by atoms with E-state index in [1.54, 1.807) is 36.1 Å². The third-order valence-corrected chi connectivity index (χ3v) is 6.91. The fourth-order valence-electron chi connectivity index (χ4n) is 3.39. The number of thiazole rings is 1. The predicted octanol–water partition coefficient (Wildman–Crippen LogP) is 4.06. The van der Waals surface area contributed by atoms with Crippen molar-refractivity contribution in [2.45, 2.75) is 24.0 Å². The quantitative estimate of drug-likeness (QED) is 0.502. The van der Waals surface area contributed by atoms with Gasteiger partial charge in [0.25, 0.3) is 0 Å². The lowest BCUT2D eigenvalue weighted by Crippen LogP contribution is -2.18. The van der Waals surface area contributed by atoms with E-state index in [2.05, 4.69) is 9.88 Å². The number of benzene rings is 2. The average molecular weight is 461 g/mol. The molecule has 164 valence electrons. The smallest absolute Gasteiger partial charge is 0.175 e. The largest absolute Gasteiger partial charge is 0.493 e. The summed E-state index contributed by atoms with van der Waals surface area (Å²) in [5.41, 5.74) is 3.56. The van der Waals surface area contributed by atoms with Crippen LogP contribution in [0.5, 0.6) is 11.5 Å². The number of rotatable bonds is 8. The maximum absolute atomic E-state index is 11.9. The van der Waals surface area contributed by atoms with E-state index < -0.39 is 9.84 Å². The lowest BCUT2D eigenvalue weighted by Gasteiger charge is -2.26. The van der Waals surface area contributed by atoms with E-state index in [0.717, 1.165) is 22.7 Å². The van der Waals surface area contributed by atoms with Gasteiger partial charge in [0, 0.05) is 41.2 Å². The summed E-state index contributed by atoms with van der Waals surface area (Å²) < 4.78 is 40.8. The van der Waals surface area contributed by atoms with Crippen LogP contribution in [0.25, 0.3) is 0 Å². The maximum Gasteiger partial charge on any atom is 0.175 e. The summed E-state index contributed by atoms with van der Waals surface area (Å²) in [6.07, 6.45) is 3.87. The molecule has 0 saturated carbocycles. The van der Waals surface area contributed by atoms with Crippen LogP contribution in [-0.4, -0.2) is 46.1 Å². The standard InChI is InChI=1S/C22H24N2O5S2/c1-27-21-8-5-17(11-22(21)29-18-9-10-28-14-18)24(13-19-12-23-15-30-19)16-3-6-20(7-4-16)31(2,25)26/h3-8,11-12,15,18H,9-10,13-14H2,1-2H3. The summed E-state index contributed by atoms with van der Waals surface area (Å²) >= 11 is 1.56. The number of hydrogen-bond donors (Lipinski definition) is 0. The zero-order valence-electron chi connectivity index (χ0n) is 17.4. The molecule has 1 aliphatic rings. The van der Waals surface area contributed by atoms with Gasteiger partial charge in [0.15, 0.2) is 21.3 Å². The molecule has 31 heavy (non-hydrogen) atoms. The van der Waals surface area contributed by atoms with Gasteiger partial charge in [-0.1, -0.05) is 0 Å². The molecule has 0 amide bonds. The molecule has 2 aromatic carbocycles. The van der Waals surface area contributed by atoms with E-state index in [-0.39, 0.29) is 11.0 Å². The Morgan fingerprint density at radius 2 is 1.94 bits per heavy atom. The molecule has 9 heteroatoms. The summed E-state index contributed by atoms with van der Waals surface area (Å²) in [4.78, 5) is 7.64. The minimum absolute atomic E-state index is 0.00635. The molecular weight excluding hydrogens is 436 g/mol.